The van der Waals surface area contributed by atoms with Gasteiger partial charge < -0.3 is 14.5 Å². The lowest BCUT2D eigenvalue weighted by atomic mass is 10.0. The van der Waals surface area contributed by atoms with E-state index in [2.05, 4.69) is 11.8 Å². The molecule has 2 aliphatic heterocycles. The zero-order valence-electron chi connectivity index (χ0n) is 18.4. The highest BCUT2D eigenvalue weighted by molar-refractivity contribution is 7.89. The fourth-order valence-corrected chi connectivity index (χ4v) is 5.73. The van der Waals surface area contributed by atoms with Crippen LogP contribution in [-0.2, 0) is 14.8 Å². The fraction of sp³-hybridized carbons (Fsp3) is 0.591. The molecule has 0 radical (unpaired) electrons. The van der Waals surface area contributed by atoms with Crippen molar-refractivity contribution in [2.75, 3.05) is 51.3 Å². The van der Waals surface area contributed by atoms with E-state index < -0.39 is 10.0 Å². The number of carbonyl (C=O) groups is 1. The first-order valence-electron chi connectivity index (χ1n) is 10.6. The number of hydrogen-bond acceptors (Lipinski definition) is 5. The normalized spacial score (nSPS) is 21.6. The summed E-state index contributed by atoms with van der Waals surface area (Å²) < 4.78 is 33.6. The number of methoxy groups -OCH3 is 1. The Morgan fingerprint density at radius 2 is 1.87 bits per heavy atom. The first-order valence-corrected chi connectivity index (χ1v) is 12.1. The Morgan fingerprint density at radius 3 is 2.47 bits per heavy atom. The summed E-state index contributed by atoms with van der Waals surface area (Å²) in [6.45, 7) is 9.36. The van der Waals surface area contributed by atoms with Crippen molar-refractivity contribution in [1.29, 1.82) is 0 Å². The molecule has 166 valence electrons. The number of amides is 1. The van der Waals surface area contributed by atoms with E-state index in [-0.39, 0.29) is 5.91 Å². The second-order valence-corrected chi connectivity index (χ2v) is 10.1. The lowest BCUT2D eigenvalue weighted by molar-refractivity contribution is -0.127. The SMILES string of the molecule is C/C=C(\C)C(=O)N1CCN(c2cc(S(=O)(=O)N3CCC[C@H](C)C3)ccc2OC)CC1. The van der Waals surface area contributed by atoms with E-state index in [0.29, 0.717) is 55.8 Å². The Balaban J connectivity index is 1.81. The Morgan fingerprint density at radius 1 is 1.17 bits per heavy atom. The highest BCUT2D eigenvalue weighted by atomic mass is 32.2. The number of piperidine rings is 1. The minimum absolute atomic E-state index is 0.0552. The molecular formula is C22H33N3O4S. The molecule has 1 aromatic rings. The summed E-state index contributed by atoms with van der Waals surface area (Å²) in [4.78, 5) is 16.7. The number of sulfonamides is 1. The number of hydrogen-bond donors (Lipinski definition) is 0. The van der Waals surface area contributed by atoms with Gasteiger partial charge in [0.2, 0.25) is 15.9 Å². The highest BCUT2D eigenvalue weighted by Gasteiger charge is 2.30. The molecule has 1 amide bonds. The summed E-state index contributed by atoms with van der Waals surface area (Å²) in [6, 6.07) is 5.09. The minimum Gasteiger partial charge on any atom is -0.495 e. The molecule has 8 heteroatoms. The second kappa shape index (κ2) is 9.39. The second-order valence-electron chi connectivity index (χ2n) is 8.20. The lowest BCUT2D eigenvalue weighted by Gasteiger charge is -2.37. The molecule has 7 nitrogen and oxygen atoms in total. The molecule has 0 unspecified atom stereocenters. The zero-order valence-corrected chi connectivity index (χ0v) is 19.2. The number of allylic oxidation sites excluding steroid dienone is 1. The molecule has 3 rings (SSSR count). The van der Waals surface area contributed by atoms with Gasteiger partial charge in [0.25, 0.3) is 0 Å². The number of benzene rings is 1. The van der Waals surface area contributed by atoms with Crippen LogP contribution in [0.2, 0.25) is 0 Å². The minimum atomic E-state index is -3.54. The first kappa shape index (κ1) is 22.6. The van der Waals surface area contributed by atoms with E-state index in [9.17, 15) is 13.2 Å². The number of piperazine rings is 1. The van der Waals surface area contributed by atoms with E-state index in [1.807, 2.05) is 24.8 Å². The van der Waals surface area contributed by atoms with E-state index in [4.69, 9.17) is 4.74 Å². The molecule has 0 spiro atoms. The number of rotatable bonds is 5. The third kappa shape index (κ3) is 4.64. The Hall–Kier alpha value is -2.06. The van der Waals surface area contributed by atoms with Gasteiger partial charge >= 0.3 is 0 Å². The highest BCUT2D eigenvalue weighted by Crippen LogP contribution is 2.33. The molecule has 1 atom stereocenters. The Labute approximate surface area is 180 Å². The van der Waals surface area contributed by atoms with Crippen molar-refractivity contribution in [3.8, 4) is 5.75 Å². The summed E-state index contributed by atoms with van der Waals surface area (Å²) in [6.07, 6.45) is 3.79. The standard InChI is InChI=1S/C22H33N3O4S/c1-5-18(3)22(26)24-13-11-23(12-14-24)20-15-19(8-9-21(20)29-4)30(27,28)25-10-6-7-17(2)16-25/h5,8-9,15,17H,6-7,10-14,16H2,1-4H3/b18-5+/t17-/m0/s1. The summed E-state index contributed by atoms with van der Waals surface area (Å²) >= 11 is 0. The largest absolute Gasteiger partial charge is 0.495 e. The van der Waals surface area contributed by atoms with Crippen molar-refractivity contribution in [2.24, 2.45) is 5.92 Å². The molecule has 2 heterocycles. The fourth-order valence-electron chi connectivity index (χ4n) is 4.11. The van der Waals surface area contributed by atoms with Crippen LogP contribution in [0.4, 0.5) is 5.69 Å². The van der Waals surface area contributed by atoms with Crippen molar-refractivity contribution >= 4 is 21.6 Å². The topological polar surface area (TPSA) is 70.2 Å². The third-order valence-corrected chi connectivity index (χ3v) is 7.95. The van der Waals surface area contributed by atoms with Gasteiger partial charge in [0.05, 0.1) is 17.7 Å². The number of ether oxygens (including phenoxy) is 1. The van der Waals surface area contributed by atoms with Gasteiger partial charge in [-0.2, -0.15) is 4.31 Å². The van der Waals surface area contributed by atoms with E-state index in [1.165, 1.54) is 0 Å². The molecular weight excluding hydrogens is 402 g/mol. The smallest absolute Gasteiger partial charge is 0.249 e. The monoisotopic (exact) mass is 435 g/mol. The molecule has 1 aromatic carbocycles. The van der Waals surface area contributed by atoms with E-state index >= 15 is 0 Å². The van der Waals surface area contributed by atoms with Crippen molar-refractivity contribution in [3.05, 3.63) is 29.8 Å². The molecule has 0 aliphatic carbocycles. The summed E-state index contributed by atoms with van der Waals surface area (Å²) in [5, 5.41) is 0. The molecule has 30 heavy (non-hydrogen) atoms. The van der Waals surface area contributed by atoms with Crippen LogP contribution in [-0.4, -0.2) is 69.9 Å². The van der Waals surface area contributed by atoms with Crippen molar-refractivity contribution < 1.29 is 17.9 Å². The number of carbonyl (C=O) groups excluding carboxylic acids is 1. The molecule has 0 bridgehead atoms. The van der Waals surface area contributed by atoms with Crippen LogP contribution in [0.5, 0.6) is 5.75 Å². The van der Waals surface area contributed by atoms with Crippen molar-refractivity contribution in [1.82, 2.24) is 9.21 Å². The molecule has 2 fully saturated rings. The number of anilines is 1. The Kier molecular flexibility index (Phi) is 7.08. The van der Waals surface area contributed by atoms with Gasteiger partial charge in [0, 0.05) is 44.8 Å². The van der Waals surface area contributed by atoms with Crippen molar-refractivity contribution in [3.63, 3.8) is 0 Å². The average Bonchev–Trinajstić information content (AvgIpc) is 2.77. The zero-order chi connectivity index (χ0) is 21.9. The van der Waals surface area contributed by atoms with Gasteiger partial charge in [-0.15, -0.1) is 0 Å². The van der Waals surface area contributed by atoms with Gasteiger partial charge in [-0.3, -0.25) is 4.79 Å². The van der Waals surface area contributed by atoms with Crippen LogP contribution in [0.25, 0.3) is 0 Å². The van der Waals surface area contributed by atoms with Crippen LogP contribution in [0, 0.1) is 5.92 Å². The van der Waals surface area contributed by atoms with Crippen molar-refractivity contribution in [2.45, 2.75) is 38.5 Å². The molecule has 0 saturated carbocycles. The van der Waals surface area contributed by atoms with Crippen LogP contribution in [0.1, 0.15) is 33.6 Å². The van der Waals surface area contributed by atoms with Gasteiger partial charge in [-0.25, -0.2) is 8.42 Å². The molecule has 0 aromatic heterocycles. The lowest BCUT2D eigenvalue weighted by Crippen LogP contribution is -2.49. The molecule has 2 aliphatic rings. The van der Waals surface area contributed by atoms with Gasteiger partial charge in [0.15, 0.2) is 0 Å². The molecule has 0 N–H and O–H groups in total. The first-order chi connectivity index (χ1) is 14.3. The molecule has 2 saturated heterocycles. The van der Waals surface area contributed by atoms with Gasteiger partial charge in [-0.05, 0) is 50.8 Å². The van der Waals surface area contributed by atoms with E-state index in [1.54, 1.807) is 29.6 Å². The summed E-state index contributed by atoms with van der Waals surface area (Å²) in [5.74, 6) is 1.07. The van der Waals surface area contributed by atoms with Crippen LogP contribution in [0.3, 0.4) is 0 Å². The number of nitrogens with zero attached hydrogens (tertiary/aromatic N) is 3. The summed E-state index contributed by atoms with van der Waals surface area (Å²) in [5.41, 5.74) is 1.50. The predicted octanol–water partition coefficient (Wildman–Crippen LogP) is 2.73. The third-order valence-electron chi connectivity index (χ3n) is 6.09. The van der Waals surface area contributed by atoms with Gasteiger partial charge in [0.1, 0.15) is 5.75 Å². The predicted molar refractivity (Wildman–Crippen MR) is 118 cm³/mol. The quantitative estimate of drug-likeness (QED) is 0.665. The van der Waals surface area contributed by atoms with E-state index in [0.717, 1.165) is 24.1 Å². The maximum Gasteiger partial charge on any atom is 0.249 e. The van der Waals surface area contributed by atoms with Gasteiger partial charge in [-0.1, -0.05) is 13.0 Å². The average molecular weight is 436 g/mol. The van der Waals surface area contributed by atoms with Crippen LogP contribution >= 0.6 is 0 Å². The Bertz CT molecular complexity index is 905. The maximum atomic E-state index is 13.2. The van der Waals surface area contributed by atoms with Crippen LogP contribution in [0.15, 0.2) is 34.7 Å². The van der Waals surface area contributed by atoms with Crippen LogP contribution < -0.4 is 9.64 Å². The summed E-state index contributed by atoms with van der Waals surface area (Å²) in [7, 11) is -1.95. The maximum absolute atomic E-state index is 13.2.